The molecule has 1 rings (SSSR count). The number of nitrogens with one attached hydrogen (secondary N) is 1. The second kappa shape index (κ2) is 4.96. The third kappa shape index (κ3) is 4.29. The summed E-state index contributed by atoms with van der Waals surface area (Å²) in [5.41, 5.74) is 6.50. The lowest BCUT2D eigenvalue weighted by Crippen LogP contribution is -2.14. The van der Waals surface area contributed by atoms with Crippen molar-refractivity contribution < 1.29 is 17.9 Å². The average Bonchev–Trinajstić information content (AvgIpc) is 2.14. The van der Waals surface area contributed by atoms with Crippen molar-refractivity contribution >= 4 is 11.4 Å². The lowest BCUT2D eigenvalue weighted by molar-refractivity contribution is -0.131. The van der Waals surface area contributed by atoms with Crippen molar-refractivity contribution in [3.05, 3.63) is 18.2 Å². The van der Waals surface area contributed by atoms with Crippen LogP contribution in [0.2, 0.25) is 0 Å². The summed E-state index contributed by atoms with van der Waals surface area (Å²) in [6.45, 7) is -0.184. The van der Waals surface area contributed by atoms with Crippen LogP contribution in [0.1, 0.15) is 6.42 Å². The average molecular weight is 234 g/mol. The first-order valence-electron chi connectivity index (χ1n) is 4.66. The van der Waals surface area contributed by atoms with E-state index in [9.17, 15) is 13.2 Å². The first kappa shape index (κ1) is 12.5. The Bertz CT molecular complexity index is 352. The molecule has 1 aromatic carbocycles. The minimum Gasteiger partial charge on any atom is -0.497 e. The number of nitrogens with two attached hydrogens (primary N) is 1. The fourth-order valence-electron chi connectivity index (χ4n) is 1.19. The van der Waals surface area contributed by atoms with Gasteiger partial charge in [-0.15, -0.1) is 0 Å². The molecule has 0 spiro atoms. The topological polar surface area (TPSA) is 47.3 Å². The Labute approximate surface area is 91.4 Å². The van der Waals surface area contributed by atoms with Crippen LogP contribution in [-0.4, -0.2) is 19.8 Å². The van der Waals surface area contributed by atoms with Crippen molar-refractivity contribution in [1.82, 2.24) is 0 Å². The summed E-state index contributed by atoms with van der Waals surface area (Å²) in [5, 5.41) is 2.64. The van der Waals surface area contributed by atoms with Gasteiger partial charge in [-0.1, -0.05) is 0 Å². The molecule has 0 heterocycles. The Balaban J connectivity index is 2.57. The van der Waals surface area contributed by atoms with Crippen LogP contribution >= 0.6 is 0 Å². The van der Waals surface area contributed by atoms with Gasteiger partial charge in [0.1, 0.15) is 5.75 Å². The maximum absolute atomic E-state index is 11.9. The summed E-state index contributed by atoms with van der Waals surface area (Å²) >= 11 is 0. The molecule has 0 saturated carbocycles. The monoisotopic (exact) mass is 234 g/mol. The van der Waals surface area contributed by atoms with Crippen LogP contribution in [0.3, 0.4) is 0 Å². The van der Waals surface area contributed by atoms with Crippen LogP contribution in [0.15, 0.2) is 18.2 Å². The summed E-state index contributed by atoms with van der Waals surface area (Å²) < 4.78 is 40.6. The molecule has 0 aliphatic rings. The maximum Gasteiger partial charge on any atom is 0.390 e. The van der Waals surface area contributed by atoms with Crippen molar-refractivity contribution in [2.75, 3.05) is 24.7 Å². The fraction of sp³-hybridized carbons (Fsp3) is 0.400. The Hall–Kier alpha value is -1.59. The van der Waals surface area contributed by atoms with Gasteiger partial charge in [-0.05, 0) is 6.07 Å². The number of anilines is 2. The first-order chi connectivity index (χ1) is 7.40. The molecule has 0 atom stereocenters. The predicted octanol–water partition coefficient (Wildman–Crippen LogP) is 2.64. The molecule has 1 aromatic rings. The highest BCUT2D eigenvalue weighted by atomic mass is 19.4. The molecule has 3 N–H and O–H groups in total. The molecule has 0 bridgehead atoms. The van der Waals surface area contributed by atoms with Gasteiger partial charge < -0.3 is 15.8 Å². The zero-order chi connectivity index (χ0) is 12.2. The van der Waals surface area contributed by atoms with Crippen molar-refractivity contribution in [1.29, 1.82) is 0 Å². The summed E-state index contributed by atoms with van der Waals surface area (Å²) in [5.74, 6) is 0.509. The highest BCUT2D eigenvalue weighted by Gasteiger charge is 2.26. The summed E-state index contributed by atoms with van der Waals surface area (Å²) in [6, 6.07) is 4.74. The van der Waals surface area contributed by atoms with Crippen molar-refractivity contribution in [2.24, 2.45) is 0 Å². The largest absolute Gasteiger partial charge is 0.497 e. The number of halogens is 3. The van der Waals surface area contributed by atoms with Gasteiger partial charge in [-0.2, -0.15) is 13.2 Å². The number of alkyl halides is 3. The molecule has 16 heavy (non-hydrogen) atoms. The van der Waals surface area contributed by atoms with E-state index in [1.807, 2.05) is 0 Å². The smallest absolute Gasteiger partial charge is 0.390 e. The third-order valence-electron chi connectivity index (χ3n) is 1.90. The van der Waals surface area contributed by atoms with E-state index in [4.69, 9.17) is 10.5 Å². The van der Waals surface area contributed by atoms with E-state index in [0.29, 0.717) is 17.1 Å². The van der Waals surface area contributed by atoms with E-state index in [1.54, 1.807) is 18.2 Å². The number of ether oxygens (including phenoxy) is 1. The van der Waals surface area contributed by atoms with E-state index < -0.39 is 12.6 Å². The molecule has 0 aliphatic carbocycles. The van der Waals surface area contributed by atoms with Gasteiger partial charge >= 0.3 is 6.18 Å². The molecular formula is C10H13F3N2O. The summed E-state index contributed by atoms with van der Waals surface area (Å²) in [6.07, 6.45) is -5.04. The van der Waals surface area contributed by atoms with E-state index in [0.717, 1.165) is 0 Å². The number of methoxy groups -OCH3 is 1. The quantitative estimate of drug-likeness (QED) is 0.787. The van der Waals surface area contributed by atoms with Gasteiger partial charge in [0, 0.05) is 30.1 Å². The van der Waals surface area contributed by atoms with Crippen LogP contribution in [0.25, 0.3) is 0 Å². The number of hydrogen-bond donors (Lipinski definition) is 2. The van der Waals surface area contributed by atoms with E-state index in [2.05, 4.69) is 5.32 Å². The fourth-order valence-corrected chi connectivity index (χ4v) is 1.19. The molecule has 0 amide bonds. The minimum atomic E-state index is -4.16. The summed E-state index contributed by atoms with van der Waals surface area (Å²) in [7, 11) is 1.47. The van der Waals surface area contributed by atoms with Gasteiger partial charge in [0.05, 0.1) is 13.5 Å². The molecule has 3 nitrogen and oxygen atoms in total. The predicted molar refractivity (Wildman–Crippen MR) is 56.6 cm³/mol. The third-order valence-corrected chi connectivity index (χ3v) is 1.90. The Morgan fingerprint density at radius 1 is 1.31 bits per heavy atom. The Kier molecular flexibility index (Phi) is 3.87. The molecule has 0 radical (unpaired) electrons. The van der Waals surface area contributed by atoms with Gasteiger partial charge in [-0.3, -0.25) is 0 Å². The van der Waals surface area contributed by atoms with E-state index in [-0.39, 0.29) is 6.54 Å². The van der Waals surface area contributed by atoms with Gasteiger partial charge in [-0.25, -0.2) is 0 Å². The number of nitrogen functional groups attached to an aromatic ring is 1. The minimum absolute atomic E-state index is 0.184. The van der Waals surface area contributed by atoms with E-state index >= 15 is 0 Å². The van der Waals surface area contributed by atoms with E-state index in [1.165, 1.54) is 7.11 Å². The lowest BCUT2D eigenvalue weighted by Gasteiger charge is -2.10. The molecule has 90 valence electrons. The number of hydrogen-bond acceptors (Lipinski definition) is 3. The highest BCUT2D eigenvalue weighted by Crippen LogP contribution is 2.23. The van der Waals surface area contributed by atoms with Crippen LogP contribution in [0, 0.1) is 0 Å². The molecule has 0 aromatic heterocycles. The maximum atomic E-state index is 11.9. The zero-order valence-electron chi connectivity index (χ0n) is 8.77. The molecule has 0 unspecified atom stereocenters. The van der Waals surface area contributed by atoms with Crippen molar-refractivity contribution in [2.45, 2.75) is 12.6 Å². The Morgan fingerprint density at radius 2 is 2.00 bits per heavy atom. The van der Waals surface area contributed by atoms with Crippen LogP contribution in [0.4, 0.5) is 24.5 Å². The molecule has 0 fully saturated rings. The highest BCUT2D eigenvalue weighted by molar-refractivity contribution is 5.59. The normalized spacial score (nSPS) is 11.2. The SMILES string of the molecule is COc1cc(N)cc(NCCC(F)(F)F)c1. The number of rotatable bonds is 4. The van der Waals surface area contributed by atoms with Gasteiger partial charge in [0.15, 0.2) is 0 Å². The molecule has 6 heteroatoms. The van der Waals surface area contributed by atoms with Crippen molar-refractivity contribution in [3.63, 3.8) is 0 Å². The molecule has 0 saturated heterocycles. The van der Waals surface area contributed by atoms with Crippen LogP contribution in [-0.2, 0) is 0 Å². The van der Waals surface area contributed by atoms with Crippen LogP contribution in [0.5, 0.6) is 5.75 Å². The van der Waals surface area contributed by atoms with Gasteiger partial charge in [0.25, 0.3) is 0 Å². The zero-order valence-corrected chi connectivity index (χ0v) is 8.77. The number of benzene rings is 1. The summed E-state index contributed by atoms with van der Waals surface area (Å²) in [4.78, 5) is 0. The lowest BCUT2D eigenvalue weighted by atomic mass is 10.2. The van der Waals surface area contributed by atoms with Crippen LogP contribution < -0.4 is 15.8 Å². The standard InChI is InChI=1S/C10H13F3N2O/c1-16-9-5-7(14)4-8(6-9)15-3-2-10(11,12)13/h4-6,15H,2-3,14H2,1H3. The second-order valence-electron chi connectivity index (χ2n) is 3.29. The van der Waals surface area contributed by atoms with Crippen molar-refractivity contribution in [3.8, 4) is 5.75 Å². The van der Waals surface area contributed by atoms with Gasteiger partial charge in [0.2, 0.25) is 0 Å². The Morgan fingerprint density at radius 3 is 2.56 bits per heavy atom. The molecule has 0 aliphatic heterocycles. The first-order valence-corrected chi connectivity index (χ1v) is 4.66. The second-order valence-corrected chi connectivity index (χ2v) is 3.29. The molecular weight excluding hydrogens is 221 g/mol.